The number of halogens is 3. The lowest BCUT2D eigenvalue weighted by molar-refractivity contribution is -0.141. The van der Waals surface area contributed by atoms with E-state index in [2.05, 4.69) is 0 Å². The van der Waals surface area contributed by atoms with Gasteiger partial charge < -0.3 is 14.7 Å². The minimum atomic E-state index is -4.65. The van der Waals surface area contributed by atoms with E-state index in [9.17, 15) is 27.9 Å². The Labute approximate surface area is 153 Å². The van der Waals surface area contributed by atoms with Crippen LogP contribution in [0.2, 0.25) is 0 Å². The average Bonchev–Trinajstić information content (AvgIpc) is 2.64. The van der Waals surface area contributed by atoms with Crippen LogP contribution in [-0.2, 0) is 28.9 Å². The standard InChI is InChI=1S/C19H16F3NO4/c20-19(21,22)16-8-4-7-13-14(16)9-23(10-15(13)17(24)25)18(26)27-11-12-5-2-1-3-6-12/h1-8,15H,9-11H2,(H,24,25). The quantitative estimate of drug-likeness (QED) is 0.875. The van der Waals surface area contributed by atoms with Gasteiger partial charge in [-0.1, -0.05) is 42.5 Å². The second-order valence-electron chi connectivity index (χ2n) is 6.18. The zero-order valence-corrected chi connectivity index (χ0v) is 14.1. The molecule has 0 fully saturated rings. The van der Waals surface area contributed by atoms with Crippen molar-refractivity contribution in [3.8, 4) is 0 Å². The Morgan fingerprint density at radius 1 is 1.11 bits per heavy atom. The van der Waals surface area contributed by atoms with Gasteiger partial charge in [0.15, 0.2) is 0 Å². The molecule has 1 amide bonds. The highest BCUT2D eigenvalue weighted by Crippen LogP contribution is 2.38. The summed E-state index contributed by atoms with van der Waals surface area (Å²) in [6.07, 6.45) is -5.50. The Morgan fingerprint density at radius 3 is 2.44 bits per heavy atom. The molecule has 0 aliphatic carbocycles. The first-order valence-corrected chi connectivity index (χ1v) is 8.15. The second-order valence-corrected chi connectivity index (χ2v) is 6.18. The van der Waals surface area contributed by atoms with E-state index >= 15 is 0 Å². The summed E-state index contributed by atoms with van der Waals surface area (Å²) in [6.45, 7) is -0.665. The van der Waals surface area contributed by atoms with Gasteiger partial charge in [-0.05, 0) is 22.8 Å². The number of nitrogens with zero attached hydrogens (tertiary/aromatic N) is 1. The molecule has 5 nitrogen and oxygen atoms in total. The lowest BCUT2D eigenvalue weighted by Gasteiger charge is -2.33. The molecule has 1 atom stereocenters. The van der Waals surface area contributed by atoms with Gasteiger partial charge in [0.2, 0.25) is 0 Å². The maximum atomic E-state index is 13.3. The van der Waals surface area contributed by atoms with Gasteiger partial charge in [-0.15, -0.1) is 0 Å². The van der Waals surface area contributed by atoms with Crippen LogP contribution in [0, 0.1) is 0 Å². The van der Waals surface area contributed by atoms with Gasteiger partial charge in [0.25, 0.3) is 0 Å². The summed E-state index contributed by atoms with van der Waals surface area (Å²) in [7, 11) is 0. The van der Waals surface area contributed by atoms with Gasteiger partial charge in [0.1, 0.15) is 6.61 Å². The Balaban J connectivity index is 1.86. The van der Waals surface area contributed by atoms with Gasteiger partial charge in [0.05, 0.1) is 11.5 Å². The molecule has 142 valence electrons. The van der Waals surface area contributed by atoms with Crippen LogP contribution in [0.5, 0.6) is 0 Å². The zero-order chi connectivity index (χ0) is 19.6. The van der Waals surface area contributed by atoms with Crippen molar-refractivity contribution in [2.45, 2.75) is 25.2 Å². The number of carbonyl (C=O) groups excluding carboxylic acids is 1. The fraction of sp³-hybridized carbons (Fsp3) is 0.263. The number of benzene rings is 2. The van der Waals surface area contributed by atoms with E-state index in [1.165, 1.54) is 12.1 Å². The van der Waals surface area contributed by atoms with Crippen LogP contribution in [0.1, 0.15) is 28.2 Å². The van der Waals surface area contributed by atoms with Gasteiger partial charge >= 0.3 is 18.2 Å². The summed E-state index contributed by atoms with van der Waals surface area (Å²) >= 11 is 0. The van der Waals surface area contributed by atoms with E-state index < -0.39 is 29.7 Å². The lowest BCUT2D eigenvalue weighted by Crippen LogP contribution is -2.41. The Kier molecular flexibility index (Phi) is 5.07. The first kappa shape index (κ1) is 18.8. The molecule has 0 radical (unpaired) electrons. The highest BCUT2D eigenvalue weighted by molar-refractivity contribution is 5.79. The maximum Gasteiger partial charge on any atom is 0.416 e. The minimum absolute atomic E-state index is 0.0539. The van der Waals surface area contributed by atoms with Crippen molar-refractivity contribution in [2.24, 2.45) is 0 Å². The number of ether oxygens (including phenoxy) is 1. The molecule has 27 heavy (non-hydrogen) atoms. The van der Waals surface area contributed by atoms with Crippen LogP contribution >= 0.6 is 0 Å². The van der Waals surface area contributed by atoms with Crippen LogP contribution < -0.4 is 0 Å². The fourth-order valence-corrected chi connectivity index (χ4v) is 3.11. The molecule has 1 N–H and O–H groups in total. The van der Waals surface area contributed by atoms with E-state index in [1.807, 2.05) is 0 Å². The van der Waals surface area contributed by atoms with Crippen LogP contribution in [0.25, 0.3) is 0 Å². The first-order chi connectivity index (χ1) is 12.8. The molecule has 0 saturated carbocycles. The van der Waals surface area contributed by atoms with Gasteiger partial charge in [-0.3, -0.25) is 4.79 Å². The Bertz CT molecular complexity index is 852. The van der Waals surface area contributed by atoms with Crippen molar-refractivity contribution in [3.05, 3.63) is 70.8 Å². The summed E-state index contributed by atoms with van der Waals surface area (Å²) in [5, 5.41) is 9.43. The van der Waals surface area contributed by atoms with E-state index in [1.54, 1.807) is 30.3 Å². The van der Waals surface area contributed by atoms with E-state index in [0.717, 1.165) is 11.0 Å². The number of hydrogen-bond acceptors (Lipinski definition) is 3. The third-order valence-electron chi connectivity index (χ3n) is 4.41. The highest BCUT2D eigenvalue weighted by atomic mass is 19.4. The third kappa shape index (κ3) is 4.05. The lowest BCUT2D eigenvalue weighted by atomic mass is 9.87. The number of carbonyl (C=O) groups is 2. The highest BCUT2D eigenvalue weighted by Gasteiger charge is 2.40. The molecule has 0 saturated heterocycles. The number of hydrogen-bond donors (Lipinski definition) is 1. The molecular formula is C19H16F3NO4. The number of fused-ring (bicyclic) bond motifs is 1. The van der Waals surface area contributed by atoms with E-state index in [-0.39, 0.29) is 30.8 Å². The van der Waals surface area contributed by atoms with Gasteiger partial charge in [-0.2, -0.15) is 13.2 Å². The molecule has 8 heteroatoms. The number of aliphatic carboxylic acids is 1. The largest absolute Gasteiger partial charge is 0.481 e. The zero-order valence-electron chi connectivity index (χ0n) is 14.1. The molecule has 0 spiro atoms. The first-order valence-electron chi connectivity index (χ1n) is 8.15. The predicted octanol–water partition coefficient (Wildman–Crippen LogP) is 4.03. The SMILES string of the molecule is O=C(O)C1CN(C(=O)OCc2ccccc2)Cc2c1cccc2C(F)(F)F. The normalized spacial score (nSPS) is 16.6. The van der Waals surface area contributed by atoms with Crippen molar-refractivity contribution in [1.29, 1.82) is 0 Å². The molecule has 0 aromatic heterocycles. The summed E-state index contributed by atoms with van der Waals surface area (Å²) in [5.74, 6) is -2.54. The predicted molar refractivity (Wildman–Crippen MR) is 88.9 cm³/mol. The van der Waals surface area contributed by atoms with Crippen LogP contribution in [0.3, 0.4) is 0 Å². The number of rotatable bonds is 3. The molecule has 3 rings (SSSR count). The van der Waals surface area contributed by atoms with Crippen molar-refractivity contribution >= 4 is 12.1 Å². The Hall–Kier alpha value is -3.03. The molecule has 1 aliphatic rings. The molecule has 1 aliphatic heterocycles. The molecule has 2 aromatic carbocycles. The van der Waals surface area contributed by atoms with Crippen LogP contribution in [0.4, 0.5) is 18.0 Å². The number of carboxylic acids is 1. The molecular weight excluding hydrogens is 363 g/mol. The topological polar surface area (TPSA) is 66.8 Å². The molecule has 1 heterocycles. The van der Waals surface area contributed by atoms with E-state index in [0.29, 0.717) is 5.56 Å². The van der Waals surface area contributed by atoms with E-state index in [4.69, 9.17) is 4.74 Å². The summed E-state index contributed by atoms with van der Waals surface area (Å²) in [4.78, 5) is 24.9. The number of alkyl halides is 3. The summed E-state index contributed by atoms with van der Waals surface area (Å²) in [5.41, 5.74) is -0.356. The second kappa shape index (κ2) is 7.30. The van der Waals surface area contributed by atoms with Crippen LogP contribution in [0.15, 0.2) is 48.5 Å². The van der Waals surface area contributed by atoms with Crippen molar-refractivity contribution in [3.63, 3.8) is 0 Å². The van der Waals surface area contributed by atoms with Crippen molar-refractivity contribution < 1.29 is 32.6 Å². The van der Waals surface area contributed by atoms with Crippen LogP contribution in [-0.4, -0.2) is 28.6 Å². The Morgan fingerprint density at radius 2 is 1.81 bits per heavy atom. The van der Waals surface area contributed by atoms with Gasteiger partial charge in [-0.25, -0.2) is 4.79 Å². The summed E-state index contributed by atoms with van der Waals surface area (Å²) < 4.78 is 45.1. The maximum absolute atomic E-state index is 13.3. The molecule has 2 aromatic rings. The van der Waals surface area contributed by atoms with Gasteiger partial charge in [0, 0.05) is 13.1 Å². The molecule has 1 unspecified atom stereocenters. The fourth-order valence-electron chi connectivity index (χ4n) is 3.11. The van der Waals surface area contributed by atoms with Crippen molar-refractivity contribution in [2.75, 3.05) is 6.54 Å². The average molecular weight is 379 g/mol. The number of amides is 1. The smallest absolute Gasteiger partial charge is 0.416 e. The summed E-state index contributed by atoms with van der Waals surface area (Å²) in [6, 6.07) is 12.2. The minimum Gasteiger partial charge on any atom is -0.481 e. The third-order valence-corrected chi connectivity index (χ3v) is 4.41. The monoisotopic (exact) mass is 379 g/mol. The number of carboxylic acid groups (broad SMARTS) is 1. The molecule has 0 bridgehead atoms. The van der Waals surface area contributed by atoms with Crippen molar-refractivity contribution in [1.82, 2.24) is 4.90 Å².